The molecule has 3 nitrogen and oxygen atoms in total. The minimum Gasteiger partial charge on any atom is -0.207 e. The fourth-order valence-corrected chi connectivity index (χ4v) is 3.95. The SMILES string of the molecule is C=C1C=CC=CC1/C(C#Cc1ccccc1)=C/S(=O)(=O)N(CC)CC. The molecular weight excluding hydrogens is 330 g/mol. The molecule has 1 aliphatic carbocycles. The average molecular weight is 353 g/mol. The predicted octanol–water partition coefficient (Wildman–Crippen LogP) is 3.89. The number of sulfonamides is 1. The van der Waals surface area contributed by atoms with Crippen LogP contribution in [0.4, 0.5) is 0 Å². The quantitative estimate of drug-likeness (QED) is 0.753. The summed E-state index contributed by atoms with van der Waals surface area (Å²) in [6.45, 7) is 8.54. The van der Waals surface area contributed by atoms with Crippen LogP contribution in [-0.4, -0.2) is 25.8 Å². The number of hydrogen-bond acceptors (Lipinski definition) is 2. The van der Waals surface area contributed by atoms with Gasteiger partial charge in [0.1, 0.15) is 0 Å². The van der Waals surface area contributed by atoms with Crippen LogP contribution < -0.4 is 0 Å². The number of benzene rings is 1. The molecule has 2 rings (SSSR count). The van der Waals surface area contributed by atoms with Crippen molar-refractivity contribution >= 4 is 10.0 Å². The van der Waals surface area contributed by atoms with E-state index in [0.717, 1.165) is 11.1 Å². The van der Waals surface area contributed by atoms with E-state index in [2.05, 4.69) is 18.4 Å². The lowest BCUT2D eigenvalue weighted by atomic mass is 9.89. The third-order valence-electron chi connectivity index (χ3n) is 3.93. The van der Waals surface area contributed by atoms with Crippen molar-refractivity contribution in [1.82, 2.24) is 4.31 Å². The van der Waals surface area contributed by atoms with Crippen LogP contribution in [0.3, 0.4) is 0 Å². The Morgan fingerprint density at radius 3 is 2.48 bits per heavy atom. The smallest absolute Gasteiger partial charge is 0.207 e. The summed E-state index contributed by atoms with van der Waals surface area (Å²) in [5.41, 5.74) is 2.20. The van der Waals surface area contributed by atoms with Gasteiger partial charge in [0.15, 0.2) is 0 Å². The summed E-state index contributed by atoms with van der Waals surface area (Å²) < 4.78 is 26.8. The Hall–Kier alpha value is -2.35. The van der Waals surface area contributed by atoms with Crippen LogP contribution in [0.5, 0.6) is 0 Å². The van der Waals surface area contributed by atoms with Gasteiger partial charge < -0.3 is 0 Å². The first-order valence-corrected chi connectivity index (χ1v) is 9.80. The molecule has 4 heteroatoms. The Morgan fingerprint density at radius 1 is 1.20 bits per heavy atom. The van der Waals surface area contributed by atoms with Crippen LogP contribution in [0.1, 0.15) is 19.4 Å². The van der Waals surface area contributed by atoms with Crippen molar-refractivity contribution in [2.75, 3.05) is 13.1 Å². The molecule has 1 aromatic rings. The minimum atomic E-state index is -3.53. The second-order valence-corrected chi connectivity index (χ2v) is 7.40. The van der Waals surface area contributed by atoms with Gasteiger partial charge in [0, 0.05) is 30.1 Å². The molecule has 0 fully saturated rings. The summed E-state index contributed by atoms with van der Waals surface area (Å²) in [7, 11) is -3.53. The maximum absolute atomic E-state index is 12.7. The summed E-state index contributed by atoms with van der Waals surface area (Å²) in [6, 6.07) is 9.53. The van der Waals surface area contributed by atoms with E-state index in [9.17, 15) is 8.42 Å². The zero-order valence-electron chi connectivity index (χ0n) is 14.6. The van der Waals surface area contributed by atoms with Crippen molar-refractivity contribution in [2.24, 2.45) is 5.92 Å². The summed E-state index contributed by atoms with van der Waals surface area (Å²) in [6.07, 6.45) is 7.58. The zero-order valence-corrected chi connectivity index (χ0v) is 15.5. The van der Waals surface area contributed by atoms with Crippen LogP contribution in [0.25, 0.3) is 0 Å². The maximum atomic E-state index is 12.7. The van der Waals surface area contributed by atoms with Gasteiger partial charge in [0.05, 0.1) is 5.41 Å². The standard InChI is InChI=1S/C21H23NO2S/c1-4-22(5-2)25(23,24)17-20(21-14-10-9-11-18(21)3)16-15-19-12-7-6-8-13-19/h6-14,17,21H,3-5H2,1-2H3/b20-17+. The van der Waals surface area contributed by atoms with Crippen molar-refractivity contribution in [3.05, 3.63) is 83.3 Å². The lowest BCUT2D eigenvalue weighted by Crippen LogP contribution is -2.29. The number of hydrogen-bond donors (Lipinski definition) is 0. The highest BCUT2D eigenvalue weighted by atomic mass is 32.2. The summed E-state index contributed by atoms with van der Waals surface area (Å²) in [5.74, 6) is 5.88. The third-order valence-corrected chi connectivity index (χ3v) is 5.71. The van der Waals surface area contributed by atoms with Gasteiger partial charge in [-0.2, -0.15) is 4.31 Å². The molecule has 0 saturated heterocycles. The first-order chi connectivity index (χ1) is 12.0. The Morgan fingerprint density at radius 2 is 1.88 bits per heavy atom. The molecule has 0 aromatic heterocycles. The van der Waals surface area contributed by atoms with Gasteiger partial charge in [-0.1, -0.05) is 74.8 Å². The van der Waals surface area contributed by atoms with Gasteiger partial charge in [-0.25, -0.2) is 8.42 Å². The van der Waals surface area contributed by atoms with E-state index < -0.39 is 10.0 Å². The average Bonchev–Trinajstić information content (AvgIpc) is 2.61. The van der Waals surface area contributed by atoms with Crippen molar-refractivity contribution < 1.29 is 8.42 Å². The van der Waals surface area contributed by atoms with E-state index in [1.807, 2.05) is 68.5 Å². The summed E-state index contributed by atoms with van der Waals surface area (Å²) in [5, 5.41) is 1.29. The van der Waals surface area contributed by atoms with Crippen molar-refractivity contribution in [1.29, 1.82) is 0 Å². The first-order valence-electron chi connectivity index (χ1n) is 8.30. The molecule has 0 heterocycles. The first kappa shape index (κ1) is 19.0. The molecule has 0 radical (unpaired) electrons. The van der Waals surface area contributed by atoms with E-state index in [1.165, 1.54) is 9.71 Å². The van der Waals surface area contributed by atoms with Gasteiger partial charge in [-0.15, -0.1) is 0 Å². The van der Waals surface area contributed by atoms with E-state index in [-0.39, 0.29) is 5.92 Å². The molecule has 0 spiro atoms. The molecule has 0 aliphatic heterocycles. The maximum Gasteiger partial charge on any atom is 0.237 e. The normalized spacial score (nSPS) is 17.5. The Bertz CT molecular complexity index is 861. The lowest BCUT2D eigenvalue weighted by Gasteiger charge is -2.19. The molecule has 0 bridgehead atoms. The molecule has 0 amide bonds. The minimum absolute atomic E-state index is 0.230. The van der Waals surface area contributed by atoms with Crippen LogP contribution in [-0.2, 0) is 10.0 Å². The fraction of sp³-hybridized carbons (Fsp3) is 0.238. The second kappa shape index (κ2) is 8.66. The second-order valence-electron chi connectivity index (χ2n) is 5.62. The molecule has 1 aliphatic rings. The largest absolute Gasteiger partial charge is 0.237 e. The van der Waals surface area contributed by atoms with Gasteiger partial charge >= 0.3 is 0 Å². The van der Waals surface area contributed by atoms with Gasteiger partial charge in [-0.05, 0) is 17.7 Å². The molecule has 1 unspecified atom stereocenters. The van der Waals surface area contributed by atoms with Gasteiger partial charge in [0.25, 0.3) is 0 Å². The van der Waals surface area contributed by atoms with Gasteiger partial charge in [0.2, 0.25) is 10.0 Å². The van der Waals surface area contributed by atoms with E-state index in [0.29, 0.717) is 18.7 Å². The van der Waals surface area contributed by atoms with Crippen molar-refractivity contribution in [3.63, 3.8) is 0 Å². The van der Waals surface area contributed by atoms with E-state index in [4.69, 9.17) is 0 Å². The van der Waals surface area contributed by atoms with Crippen molar-refractivity contribution in [2.45, 2.75) is 13.8 Å². The van der Waals surface area contributed by atoms with Crippen LogP contribution in [0.15, 0.2) is 77.8 Å². The Labute approximate surface area is 151 Å². The molecule has 0 N–H and O–H groups in total. The molecule has 1 aromatic carbocycles. The molecule has 1 atom stereocenters. The topological polar surface area (TPSA) is 37.4 Å². The monoisotopic (exact) mass is 353 g/mol. The molecular formula is C21H23NO2S. The molecule has 25 heavy (non-hydrogen) atoms. The Balaban J connectivity index is 2.48. The van der Waals surface area contributed by atoms with Gasteiger partial charge in [-0.3, -0.25) is 0 Å². The van der Waals surface area contributed by atoms with Crippen LogP contribution in [0.2, 0.25) is 0 Å². The third kappa shape index (κ3) is 5.06. The van der Waals surface area contributed by atoms with Crippen LogP contribution in [0, 0.1) is 17.8 Å². The predicted molar refractivity (Wildman–Crippen MR) is 104 cm³/mol. The number of nitrogens with zero attached hydrogens (tertiary/aromatic N) is 1. The zero-order chi connectivity index (χ0) is 18.3. The number of allylic oxidation sites excluding steroid dienone is 6. The van der Waals surface area contributed by atoms with E-state index >= 15 is 0 Å². The molecule has 0 saturated carbocycles. The van der Waals surface area contributed by atoms with E-state index in [1.54, 1.807) is 0 Å². The number of rotatable bonds is 5. The fourth-order valence-electron chi connectivity index (χ4n) is 2.55. The highest BCUT2D eigenvalue weighted by Gasteiger charge is 2.21. The highest BCUT2D eigenvalue weighted by molar-refractivity contribution is 7.92. The highest BCUT2D eigenvalue weighted by Crippen LogP contribution is 2.26. The lowest BCUT2D eigenvalue weighted by molar-refractivity contribution is 0.452. The summed E-state index contributed by atoms with van der Waals surface area (Å²) >= 11 is 0. The molecule has 130 valence electrons. The van der Waals surface area contributed by atoms with Crippen molar-refractivity contribution in [3.8, 4) is 11.8 Å². The van der Waals surface area contributed by atoms with Crippen LogP contribution >= 0.6 is 0 Å². The Kier molecular flexibility index (Phi) is 6.58. The summed E-state index contributed by atoms with van der Waals surface area (Å²) in [4.78, 5) is 0.